The quantitative estimate of drug-likeness (QED) is 0.456. The zero-order valence-corrected chi connectivity index (χ0v) is 18.2. The maximum Gasteiger partial charge on any atom is 0.253 e. The Morgan fingerprint density at radius 2 is 1.93 bits per heavy atom. The Balaban J connectivity index is 1.56. The van der Waals surface area contributed by atoms with E-state index in [1.165, 1.54) is 16.9 Å². The van der Waals surface area contributed by atoms with E-state index in [-0.39, 0.29) is 5.91 Å². The molecule has 0 radical (unpaired) electrons. The lowest BCUT2D eigenvalue weighted by Crippen LogP contribution is -2.35. The van der Waals surface area contributed by atoms with Crippen molar-refractivity contribution in [3.05, 3.63) is 64.3 Å². The number of carbonyl (C=O) groups excluding carboxylic acids is 1. The fraction of sp³-hybridized carbons (Fsp3) is 0.333. The minimum Gasteiger partial charge on any atom is -0.339 e. The summed E-state index contributed by atoms with van der Waals surface area (Å²) < 4.78 is 0. The van der Waals surface area contributed by atoms with Gasteiger partial charge < -0.3 is 4.90 Å². The number of piperidine rings is 1. The molecule has 150 valence electrons. The number of pyridine rings is 1. The molecule has 0 saturated carbocycles. The molecule has 0 bridgehead atoms. The van der Waals surface area contributed by atoms with Gasteiger partial charge in [-0.1, -0.05) is 31.0 Å². The molecule has 3 heterocycles. The lowest BCUT2D eigenvalue weighted by molar-refractivity contribution is 0.0724. The third-order valence-corrected chi connectivity index (χ3v) is 6.67. The van der Waals surface area contributed by atoms with Crippen molar-refractivity contribution in [1.29, 1.82) is 0 Å². The van der Waals surface area contributed by atoms with E-state index in [1.54, 1.807) is 11.3 Å². The van der Waals surface area contributed by atoms with Crippen molar-refractivity contribution in [2.45, 2.75) is 39.0 Å². The van der Waals surface area contributed by atoms with Crippen LogP contribution in [-0.2, 0) is 6.42 Å². The summed E-state index contributed by atoms with van der Waals surface area (Å²) in [5.41, 5.74) is 5.04. The molecule has 3 nitrogen and oxygen atoms in total. The van der Waals surface area contributed by atoms with Gasteiger partial charge in [0.05, 0.1) is 0 Å². The Kier molecular flexibility index (Phi) is 6.31. The van der Waals surface area contributed by atoms with E-state index in [0.29, 0.717) is 10.6 Å². The first-order chi connectivity index (χ1) is 14.2. The van der Waals surface area contributed by atoms with Crippen molar-refractivity contribution in [3.63, 3.8) is 0 Å². The number of benzene rings is 1. The number of thiophene rings is 1. The Labute approximate surface area is 181 Å². The summed E-state index contributed by atoms with van der Waals surface area (Å²) in [6.07, 6.45) is 7.35. The SMILES string of the molecule is CCCc1cc(-c2cc(-c3ccc(C(=O)N4CCCCC4)cc3Cl)cs2)ccn1. The van der Waals surface area contributed by atoms with Crippen LogP contribution in [0.2, 0.25) is 5.02 Å². The van der Waals surface area contributed by atoms with Crippen LogP contribution in [0.25, 0.3) is 21.6 Å². The second-order valence-corrected chi connectivity index (χ2v) is 8.85. The predicted molar refractivity (Wildman–Crippen MR) is 122 cm³/mol. The Morgan fingerprint density at radius 1 is 1.10 bits per heavy atom. The summed E-state index contributed by atoms with van der Waals surface area (Å²) in [6, 6.07) is 12.1. The van der Waals surface area contributed by atoms with Gasteiger partial charge in [0, 0.05) is 46.0 Å². The third-order valence-electron chi connectivity index (χ3n) is 5.38. The molecule has 3 aromatic rings. The average molecular weight is 425 g/mol. The van der Waals surface area contributed by atoms with E-state index < -0.39 is 0 Å². The highest BCUT2D eigenvalue weighted by Crippen LogP contribution is 2.36. The largest absolute Gasteiger partial charge is 0.339 e. The number of amides is 1. The van der Waals surface area contributed by atoms with Crippen molar-refractivity contribution >= 4 is 28.8 Å². The zero-order valence-electron chi connectivity index (χ0n) is 16.7. The van der Waals surface area contributed by atoms with Gasteiger partial charge in [-0.25, -0.2) is 0 Å². The number of halogens is 1. The number of likely N-dealkylation sites (tertiary alicyclic amines) is 1. The zero-order chi connectivity index (χ0) is 20.2. The van der Waals surface area contributed by atoms with Crippen molar-refractivity contribution in [3.8, 4) is 21.6 Å². The highest BCUT2D eigenvalue weighted by Gasteiger charge is 2.19. The molecule has 5 heteroatoms. The van der Waals surface area contributed by atoms with Crippen LogP contribution in [-0.4, -0.2) is 28.9 Å². The molecule has 1 aliphatic rings. The van der Waals surface area contributed by atoms with E-state index >= 15 is 0 Å². The van der Waals surface area contributed by atoms with E-state index in [9.17, 15) is 4.79 Å². The number of nitrogens with zero attached hydrogens (tertiary/aromatic N) is 2. The smallest absolute Gasteiger partial charge is 0.253 e. The lowest BCUT2D eigenvalue weighted by Gasteiger charge is -2.26. The third kappa shape index (κ3) is 4.54. The highest BCUT2D eigenvalue weighted by molar-refractivity contribution is 7.14. The first kappa shape index (κ1) is 20.1. The lowest BCUT2D eigenvalue weighted by atomic mass is 10.0. The number of rotatable bonds is 5. The molecule has 0 unspecified atom stereocenters. The van der Waals surface area contributed by atoms with E-state index in [0.717, 1.165) is 55.6 Å². The Hall–Kier alpha value is -2.17. The van der Waals surface area contributed by atoms with Crippen LogP contribution in [0.5, 0.6) is 0 Å². The van der Waals surface area contributed by atoms with Crippen LogP contribution in [0.1, 0.15) is 48.7 Å². The van der Waals surface area contributed by atoms with Crippen molar-refractivity contribution < 1.29 is 4.79 Å². The van der Waals surface area contributed by atoms with Crippen LogP contribution in [0, 0.1) is 0 Å². The molecule has 2 aromatic heterocycles. The molecule has 1 amide bonds. The van der Waals surface area contributed by atoms with Crippen molar-refractivity contribution in [2.24, 2.45) is 0 Å². The normalized spacial score (nSPS) is 14.2. The van der Waals surface area contributed by atoms with Gasteiger partial charge in [-0.15, -0.1) is 11.3 Å². The van der Waals surface area contributed by atoms with Gasteiger partial charge in [-0.3, -0.25) is 9.78 Å². The minimum absolute atomic E-state index is 0.0874. The summed E-state index contributed by atoms with van der Waals surface area (Å²) in [7, 11) is 0. The maximum absolute atomic E-state index is 12.7. The second kappa shape index (κ2) is 9.10. The van der Waals surface area contributed by atoms with Crippen molar-refractivity contribution in [2.75, 3.05) is 13.1 Å². The first-order valence-electron chi connectivity index (χ1n) is 10.3. The highest BCUT2D eigenvalue weighted by atomic mass is 35.5. The fourth-order valence-electron chi connectivity index (χ4n) is 3.81. The van der Waals surface area contributed by atoms with Gasteiger partial charge in [0.15, 0.2) is 0 Å². The Bertz CT molecular complexity index is 1010. The van der Waals surface area contributed by atoms with Gasteiger partial charge in [0.2, 0.25) is 0 Å². The fourth-order valence-corrected chi connectivity index (χ4v) is 5.01. The molecule has 1 aromatic carbocycles. The van der Waals surface area contributed by atoms with Crippen LogP contribution in [0.3, 0.4) is 0 Å². The number of aryl methyl sites for hydroxylation is 1. The van der Waals surface area contributed by atoms with Gasteiger partial charge in [-0.2, -0.15) is 0 Å². The van der Waals surface area contributed by atoms with Gasteiger partial charge >= 0.3 is 0 Å². The van der Waals surface area contributed by atoms with E-state index in [2.05, 4.69) is 35.5 Å². The standard InChI is InChI=1S/C24H25ClN2OS/c1-2-6-20-13-17(9-10-26-20)23-15-19(16-29-23)21-8-7-18(14-22(21)25)24(28)27-11-4-3-5-12-27/h7-10,13-16H,2-6,11-12H2,1H3. The van der Waals surface area contributed by atoms with E-state index in [1.807, 2.05) is 29.3 Å². The van der Waals surface area contributed by atoms with Gasteiger partial charge in [0.1, 0.15) is 0 Å². The Morgan fingerprint density at radius 3 is 2.69 bits per heavy atom. The summed E-state index contributed by atoms with van der Waals surface area (Å²) in [5, 5.41) is 2.75. The number of aromatic nitrogens is 1. The molecule has 0 atom stereocenters. The molecular weight excluding hydrogens is 400 g/mol. The van der Waals surface area contributed by atoms with Crippen LogP contribution in [0.4, 0.5) is 0 Å². The molecule has 0 aliphatic carbocycles. The number of carbonyl (C=O) groups is 1. The monoisotopic (exact) mass is 424 g/mol. The van der Waals surface area contributed by atoms with Crippen molar-refractivity contribution in [1.82, 2.24) is 9.88 Å². The average Bonchev–Trinajstić information content (AvgIpc) is 3.24. The maximum atomic E-state index is 12.7. The van der Waals surface area contributed by atoms with E-state index in [4.69, 9.17) is 11.6 Å². The molecule has 1 fully saturated rings. The minimum atomic E-state index is 0.0874. The molecule has 29 heavy (non-hydrogen) atoms. The van der Waals surface area contributed by atoms with Crippen LogP contribution >= 0.6 is 22.9 Å². The molecule has 0 spiro atoms. The predicted octanol–water partition coefficient (Wildman–Crippen LogP) is 6.71. The van der Waals surface area contributed by atoms with Gasteiger partial charge in [0.25, 0.3) is 5.91 Å². The molecule has 4 rings (SSSR count). The summed E-state index contributed by atoms with van der Waals surface area (Å²) in [4.78, 5) is 20.3. The number of hydrogen-bond acceptors (Lipinski definition) is 3. The van der Waals surface area contributed by atoms with Crippen LogP contribution in [0.15, 0.2) is 48.0 Å². The summed E-state index contributed by atoms with van der Waals surface area (Å²) in [6.45, 7) is 3.86. The topological polar surface area (TPSA) is 33.2 Å². The summed E-state index contributed by atoms with van der Waals surface area (Å²) in [5.74, 6) is 0.0874. The summed E-state index contributed by atoms with van der Waals surface area (Å²) >= 11 is 8.30. The molecule has 1 aliphatic heterocycles. The first-order valence-corrected chi connectivity index (χ1v) is 11.5. The number of hydrogen-bond donors (Lipinski definition) is 0. The molecular formula is C24H25ClN2OS. The molecule has 0 N–H and O–H groups in total. The van der Waals surface area contributed by atoms with Crippen LogP contribution < -0.4 is 0 Å². The van der Waals surface area contributed by atoms with Gasteiger partial charge in [-0.05, 0) is 72.5 Å². The second-order valence-electron chi connectivity index (χ2n) is 7.53. The molecule has 1 saturated heterocycles.